The van der Waals surface area contributed by atoms with E-state index in [-0.39, 0.29) is 0 Å². The summed E-state index contributed by atoms with van der Waals surface area (Å²) in [5.74, 6) is 0. The Labute approximate surface area is 102 Å². The minimum absolute atomic E-state index is 0.599. The number of nitrogens with zero attached hydrogens (tertiary/aromatic N) is 2. The fourth-order valence-electron chi connectivity index (χ4n) is 1.68. The Morgan fingerprint density at radius 2 is 2.00 bits per heavy atom. The van der Waals surface area contributed by atoms with Crippen molar-refractivity contribution in [2.24, 2.45) is 0 Å². The molecule has 1 aromatic heterocycles. The average molecular weight is 255 g/mol. The van der Waals surface area contributed by atoms with Gasteiger partial charge in [-0.3, -0.25) is 0 Å². The number of aromatic nitrogens is 2. The van der Waals surface area contributed by atoms with Gasteiger partial charge in [-0.05, 0) is 30.7 Å². The molecular formula is C12H12F3N3. The Morgan fingerprint density at radius 1 is 1.28 bits per heavy atom. The summed E-state index contributed by atoms with van der Waals surface area (Å²) in [5.41, 5.74) is 1.72. The summed E-state index contributed by atoms with van der Waals surface area (Å²) >= 11 is 0. The van der Waals surface area contributed by atoms with Gasteiger partial charge in [-0.25, -0.2) is 4.68 Å². The summed E-state index contributed by atoms with van der Waals surface area (Å²) in [4.78, 5) is 0. The van der Waals surface area contributed by atoms with Crippen molar-refractivity contribution in [3.8, 4) is 5.69 Å². The van der Waals surface area contributed by atoms with Gasteiger partial charge in [0.1, 0.15) is 0 Å². The minimum atomic E-state index is -4.36. The van der Waals surface area contributed by atoms with E-state index >= 15 is 0 Å². The van der Waals surface area contributed by atoms with Crippen molar-refractivity contribution in [2.45, 2.75) is 13.1 Å². The molecule has 0 unspecified atom stereocenters. The monoisotopic (exact) mass is 255 g/mol. The van der Waals surface area contributed by atoms with E-state index in [1.165, 1.54) is 4.68 Å². The van der Waals surface area contributed by atoms with Gasteiger partial charge in [0.05, 0.1) is 17.4 Å². The van der Waals surface area contributed by atoms with E-state index in [1.807, 2.05) is 6.92 Å². The number of hydrogen-bond acceptors (Lipinski definition) is 2. The maximum atomic E-state index is 12.5. The van der Waals surface area contributed by atoms with Crippen LogP contribution in [0.4, 0.5) is 18.9 Å². The van der Waals surface area contributed by atoms with Crippen LogP contribution in [-0.4, -0.2) is 16.8 Å². The number of nitrogens with one attached hydrogen (secondary N) is 1. The first-order chi connectivity index (χ1) is 8.41. The van der Waals surface area contributed by atoms with Crippen LogP contribution >= 0.6 is 0 Å². The Bertz CT molecular complexity index is 558. The van der Waals surface area contributed by atoms with Crippen molar-refractivity contribution in [3.05, 3.63) is 41.7 Å². The maximum Gasteiger partial charge on any atom is 0.419 e. The molecule has 2 aromatic rings. The third-order valence-electron chi connectivity index (χ3n) is 2.65. The molecule has 0 amide bonds. The van der Waals surface area contributed by atoms with Gasteiger partial charge in [-0.1, -0.05) is 0 Å². The molecule has 3 nitrogen and oxygen atoms in total. The number of aryl methyl sites for hydroxylation is 1. The Balaban J connectivity index is 2.38. The van der Waals surface area contributed by atoms with E-state index in [0.29, 0.717) is 5.69 Å². The van der Waals surface area contributed by atoms with Crippen LogP contribution in [0.1, 0.15) is 11.1 Å². The van der Waals surface area contributed by atoms with E-state index < -0.39 is 11.7 Å². The highest BCUT2D eigenvalue weighted by molar-refractivity contribution is 5.54. The molecular weight excluding hydrogens is 243 g/mol. The highest BCUT2D eigenvalue weighted by atomic mass is 19.4. The number of benzene rings is 1. The molecule has 18 heavy (non-hydrogen) atoms. The topological polar surface area (TPSA) is 29.9 Å². The molecule has 0 aliphatic carbocycles. The molecule has 0 aliphatic rings. The third kappa shape index (κ3) is 2.32. The smallest absolute Gasteiger partial charge is 0.388 e. The fourth-order valence-corrected chi connectivity index (χ4v) is 1.68. The second-order valence-corrected chi connectivity index (χ2v) is 3.92. The second kappa shape index (κ2) is 4.36. The molecule has 96 valence electrons. The third-order valence-corrected chi connectivity index (χ3v) is 2.65. The summed E-state index contributed by atoms with van der Waals surface area (Å²) < 4.78 is 38.6. The van der Waals surface area contributed by atoms with Crippen molar-refractivity contribution < 1.29 is 13.2 Å². The zero-order valence-corrected chi connectivity index (χ0v) is 9.92. The first-order valence-electron chi connectivity index (χ1n) is 5.32. The molecule has 1 aromatic carbocycles. The lowest BCUT2D eigenvalue weighted by Crippen LogP contribution is -2.03. The average Bonchev–Trinajstić information content (AvgIpc) is 2.77. The van der Waals surface area contributed by atoms with Crippen LogP contribution in [0.5, 0.6) is 0 Å². The highest BCUT2D eigenvalue weighted by Gasteiger charge is 2.32. The largest absolute Gasteiger partial charge is 0.419 e. The van der Waals surface area contributed by atoms with Gasteiger partial charge in [-0.15, -0.1) is 0 Å². The zero-order valence-electron chi connectivity index (χ0n) is 9.92. The van der Waals surface area contributed by atoms with Gasteiger partial charge < -0.3 is 5.32 Å². The number of anilines is 1. The van der Waals surface area contributed by atoms with Crippen LogP contribution in [0.25, 0.3) is 5.69 Å². The summed E-state index contributed by atoms with van der Waals surface area (Å²) in [6.45, 7) is 1.88. The van der Waals surface area contributed by atoms with Gasteiger partial charge in [-0.2, -0.15) is 18.3 Å². The first-order valence-corrected chi connectivity index (χ1v) is 5.32. The van der Waals surface area contributed by atoms with Crippen molar-refractivity contribution in [3.63, 3.8) is 0 Å². The van der Waals surface area contributed by atoms with E-state index in [9.17, 15) is 13.2 Å². The van der Waals surface area contributed by atoms with Gasteiger partial charge in [0.2, 0.25) is 0 Å². The van der Waals surface area contributed by atoms with Crippen LogP contribution in [0.15, 0.2) is 30.6 Å². The summed E-state index contributed by atoms with van der Waals surface area (Å²) in [6, 6.07) is 5.30. The van der Waals surface area contributed by atoms with E-state index in [4.69, 9.17) is 0 Å². The predicted molar refractivity (Wildman–Crippen MR) is 62.8 cm³/mol. The lowest BCUT2D eigenvalue weighted by atomic mass is 10.2. The van der Waals surface area contributed by atoms with Crippen molar-refractivity contribution in [1.82, 2.24) is 9.78 Å². The van der Waals surface area contributed by atoms with Crippen molar-refractivity contribution in [2.75, 3.05) is 12.4 Å². The maximum absolute atomic E-state index is 12.5. The minimum Gasteiger partial charge on any atom is -0.388 e. The molecule has 0 bridgehead atoms. The summed E-state index contributed by atoms with van der Waals surface area (Å²) in [6.07, 6.45) is -2.56. The zero-order chi connectivity index (χ0) is 13.3. The van der Waals surface area contributed by atoms with Crippen LogP contribution in [0.3, 0.4) is 0 Å². The molecule has 0 atom stereocenters. The van der Waals surface area contributed by atoms with Gasteiger partial charge in [0.15, 0.2) is 0 Å². The molecule has 0 fully saturated rings. The van der Waals surface area contributed by atoms with Crippen LogP contribution < -0.4 is 5.32 Å². The van der Waals surface area contributed by atoms with Crippen LogP contribution in [0.2, 0.25) is 0 Å². The lowest BCUT2D eigenvalue weighted by molar-refractivity contribution is -0.137. The molecule has 0 radical (unpaired) electrons. The van der Waals surface area contributed by atoms with E-state index in [1.54, 1.807) is 25.2 Å². The van der Waals surface area contributed by atoms with E-state index in [0.717, 1.165) is 23.6 Å². The molecule has 6 heteroatoms. The quantitative estimate of drug-likeness (QED) is 0.892. The molecule has 0 spiro atoms. The van der Waals surface area contributed by atoms with E-state index in [2.05, 4.69) is 10.4 Å². The van der Waals surface area contributed by atoms with Crippen molar-refractivity contribution >= 4 is 5.69 Å². The first kappa shape index (κ1) is 12.5. The van der Waals surface area contributed by atoms with Gasteiger partial charge in [0, 0.05) is 18.9 Å². The Hall–Kier alpha value is -1.98. The van der Waals surface area contributed by atoms with Gasteiger partial charge >= 0.3 is 6.18 Å². The van der Waals surface area contributed by atoms with Crippen molar-refractivity contribution in [1.29, 1.82) is 0 Å². The predicted octanol–water partition coefficient (Wildman–Crippen LogP) is 3.24. The molecule has 1 heterocycles. The number of rotatable bonds is 2. The van der Waals surface area contributed by atoms with Crippen LogP contribution in [-0.2, 0) is 6.18 Å². The molecule has 0 saturated carbocycles. The number of alkyl halides is 3. The molecule has 0 saturated heterocycles. The SMILES string of the molecule is CNc1ccc(-n2cc(C(F)(F)F)cn2)cc1C. The summed E-state index contributed by atoms with van der Waals surface area (Å²) in [7, 11) is 1.79. The second-order valence-electron chi connectivity index (χ2n) is 3.92. The lowest BCUT2D eigenvalue weighted by Gasteiger charge is -2.08. The van der Waals surface area contributed by atoms with Crippen LogP contribution in [0, 0.1) is 6.92 Å². The molecule has 2 rings (SSSR count). The molecule has 0 aliphatic heterocycles. The standard InChI is InChI=1S/C12H12F3N3/c1-8-5-10(3-4-11(8)16-2)18-7-9(6-17-18)12(13,14)15/h3-7,16H,1-2H3. The van der Waals surface area contributed by atoms with Gasteiger partial charge in [0.25, 0.3) is 0 Å². The number of hydrogen-bond donors (Lipinski definition) is 1. The fraction of sp³-hybridized carbons (Fsp3) is 0.250. The Kier molecular flexibility index (Phi) is 3.02. The summed E-state index contributed by atoms with van der Waals surface area (Å²) in [5, 5.41) is 6.72. The molecule has 1 N–H and O–H groups in total. The normalized spacial score (nSPS) is 11.6. The Morgan fingerprint density at radius 3 is 2.50 bits per heavy atom. The number of halogens is 3. The highest BCUT2D eigenvalue weighted by Crippen LogP contribution is 2.29.